The van der Waals surface area contributed by atoms with Crippen LogP contribution in [0.1, 0.15) is 58.8 Å². The number of carbonyl (C=O) groups excluding carboxylic acids is 1. The molecule has 2 aliphatic carbocycles. The number of amides is 1. The molecule has 0 aromatic rings. The fourth-order valence-corrected chi connectivity index (χ4v) is 4.23. The van der Waals surface area contributed by atoms with Gasteiger partial charge in [-0.1, -0.05) is 20.3 Å². The highest BCUT2D eigenvalue weighted by Crippen LogP contribution is 2.48. The van der Waals surface area contributed by atoms with Gasteiger partial charge < -0.3 is 15.8 Å². The molecular formula is C16H30N2O2. The third kappa shape index (κ3) is 2.73. The Bertz CT molecular complexity index is 341. The molecule has 0 radical (unpaired) electrons. The Morgan fingerprint density at radius 1 is 1.30 bits per heavy atom. The second kappa shape index (κ2) is 6.44. The van der Waals surface area contributed by atoms with Crippen LogP contribution < -0.4 is 11.1 Å². The van der Waals surface area contributed by atoms with E-state index in [4.69, 9.17) is 10.5 Å². The molecule has 0 aliphatic heterocycles. The van der Waals surface area contributed by atoms with Crippen molar-refractivity contribution >= 4 is 5.91 Å². The Morgan fingerprint density at radius 2 is 2.00 bits per heavy atom. The molecule has 0 aromatic carbocycles. The van der Waals surface area contributed by atoms with Gasteiger partial charge in [0, 0.05) is 30.5 Å². The number of methoxy groups -OCH3 is 1. The highest BCUT2D eigenvalue weighted by Gasteiger charge is 2.53. The summed E-state index contributed by atoms with van der Waals surface area (Å²) < 4.78 is 5.59. The Hall–Kier alpha value is -0.610. The maximum atomic E-state index is 12.5. The van der Waals surface area contributed by atoms with E-state index >= 15 is 0 Å². The van der Waals surface area contributed by atoms with Crippen LogP contribution in [0.25, 0.3) is 0 Å². The third-order valence-electron chi connectivity index (χ3n) is 5.79. The van der Waals surface area contributed by atoms with Crippen molar-refractivity contribution in [3.8, 4) is 0 Å². The second-order valence-corrected chi connectivity index (χ2v) is 6.59. The van der Waals surface area contributed by atoms with E-state index in [0.717, 1.165) is 44.9 Å². The second-order valence-electron chi connectivity index (χ2n) is 6.59. The zero-order valence-corrected chi connectivity index (χ0v) is 13.2. The van der Waals surface area contributed by atoms with Gasteiger partial charge in [-0.15, -0.1) is 0 Å². The molecule has 3 N–H and O–H groups in total. The zero-order chi connectivity index (χ0) is 14.8. The summed E-state index contributed by atoms with van der Waals surface area (Å²) in [5.74, 6) is 0.331. The number of nitrogens with two attached hydrogens (primary N) is 1. The lowest BCUT2D eigenvalue weighted by Gasteiger charge is -2.55. The predicted octanol–water partition coefficient (Wildman–Crippen LogP) is 2.21. The van der Waals surface area contributed by atoms with Crippen molar-refractivity contribution in [3.63, 3.8) is 0 Å². The van der Waals surface area contributed by atoms with Crippen molar-refractivity contribution in [2.24, 2.45) is 17.1 Å². The number of carbonyl (C=O) groups is 1. The standard InChI is InChI=1S/C16H30N2O2/c1-4-16(5-2)13(10-14(16)20-3)18-15(19)11-7-6-8-12(17)9-11/h11-14H,4-10,17H2,1-3H3,(H,18,19). The van der Waals surface area contributed by atoms with Gasteiger partial charge >= 0.3 is 0 Å². The van der Waals surface area contributed by atoms with Crippen LogP contribution in [0.15, 0.2) is 0 Å². The van der Waals surface area contributed by atoms with E-state index in [0.29, 0.717) is 0 Å². The Labute approximate surface area is 122 Å². The number of hydrogen-bond acceptors (Lipinski definition) is 3. The molecule has 4 unspecified atom stereocenters. The van der Waals surface area contributed by atoms with Crippen molar-refractivity contribution in [1.82, 2.24) is 5.32 Å². The molecule has 116 valence electrons. The summed E-state index contributed by atoms with van der Waals surface area (Å²) in [6.07, 6.45) is 7.32. The maximum absolute atomic E-state index is 12.5. The number of rotatable bonds is 5. The number of hydrogen-bond donors (Lipinski definition) is 2. The van der Waals surface area contributed by atoms with Crippen LogP contribution >= 0.6 is 0 Å². The molecule has 1 amide bonds. The first-order valence-corrected chi connectivity index (χ1v) is 8.16. The minimum absolute atomic E-state index is 0.117. The Balaban J connectivity index is 1.94. The van der Waals surface area contributed by atoms with Gasteiger partial charge in [0.05, 0.1) is 6.10 Å². The molecule has 4 nitrogen and oxygen atoms in total. The van der Waals surface area contributed by atoms with E-state index in [2.05, 4.69) is 19.2 Å². The van der Waals surface area contributed by atoms with Gasteiger partial charge in [-0.3, -0.25) is 4.79 Å². The highest BCUT2D eigenvalue weighted by atomic mass is 16.5. The molecule has 20 heavy (non-hydrogen) atoms. The van der Waals surface area contributed by atoms with E-state index in [-0.39, 0.29) is 35.4 Å². The first-order chi connectivity index (χ1) is 9.57. The summed E-state index contributed by atoms with van der Waals surface area (Å²) in [5, 5.41) is 3.29. The van der Waals surface area contributed by atoms with Crippen LogP contribution in [0.2, 0.25) is 0 Å². The molecule has 0 spiro atoms. The molecule has 2 aliphatic rings. The van der Waals surface area contributed by atoms with E-state index in [1.165, 1.54) is 0 Å². The van der Waals surface area contributed by atoms with E-state index in [1.54, 1.807) is 7.11 Å². The van der Waals surface area contributed by atoms with Crippen molar-refractivity contribution in [2.75, 3.05) is 7.11 Å². The Kier molecular flexibility index (Phi) is 5.08. The predicted molar refractivity (Wildman–Crippen MR) is 80.3 cm³/mol. The smallest absolute Gasteiger partial charge is 0.223 e. The molecule has 0 saturated heterocycles. The van der Waals surface area contributed by atoms with Crippen LogP contribution in [0.5, 0.6) is 0 Å². The van der Waals surface area contributed by atoms with Crippen LogP contribution in [0.4, 0.5) is 0 Å². The summed E-state index contributed by atoms with van der Waals surface area (Å²) in [4.78, 5) is 12.5. The molecule has 0 aromatic heterocycles. The van der Waals surface area contributed by atoms with Crippen molar-refractivity contribution in [2.45, 2.75) is 77.0 Å². The van der Waals surface area contributed by atoms with Gasteiger partial charge in [-0.2, -0.15) is 0 Å². The molecular weight excluding hydrogens is 252 g/mol. The molecule has 4 atom stereocenters. The monoisotopic (exact) mass is 282 g/mol. The average Bonchev–Trinajstić information content (AvgIpc) is 2.44. The molecule has 0 bridgehead atoms. The van der Waals surface area contributed by atoms with Crippen molar-refractivity contribution < 1.29 is 9.53 Å². The lowest BCUT2D eigenvalue weighted by molar-refractivity contribution is -0.144. The fourth-order valence-electron chi connectivity index (χ4n) is 4.23. The van der Waals surface area contributed by atoms with Gasteiger partial charge in [0.1, 0.15) is 0 Å². The summed E-state index contributed by atoms with van der Waals surface area (Å²) in [6.45, 7) is 4.40. The van der Waals surface area contributed by atoms with E-state index in [9.17, 15) is 4.79 Å². The average molecular weight is 282 g/mol. The van der Waals surface area contributed by atoms with Crippen LogP contribution in [-0.4, -0.2) is 31.2 Å². The summed E-state index contributed by atoms with van der Waals surface area (Å²) >= 11 is 0. The first kappa shape index (κ1) is 15.8. The van der Waals surface area contributed by atoms with E-state index < -0.39 is 0 Å². The summed E-state index contributed by atoms with van der Waals surface area (Å²) in [6, 6.07) is 0.475. The third-order valence-corrected chi connectivity index (χ3v) is 5.79. The minimum Gasteiger partial charge on any atom is -0.381 e. The quantitative estimate of drug-likeness (QED) is 0.812. The minimum atomic E-state index is 0.117. The lowest BCUT2D eigenvalue weighted by Crippen LogP contribution is -2.64. The molecule has 2 rings (SSSR count). The Morgan fingerprint density at radius 3 is 2.55 bits per heavy atom. The largest absolute Gasteiger partial charge is 0.381 e. The normalized spacial score (nSPS) is 36.2. The summed E-state index contributed by atoms with van der Waals surface area (Å²) in [5.41, 5.74) is 6.12. The van der Waals surface area contributed by atoms with Gasteiger partial charge in [-0.25, -0.2) is 0 Å². The molecule has 2 saturated carbocycles. The van der Waals surface area contributed by atoms with Gasteiger partial charge in [0.2, 0.25) is 5.91 Å². The molecule has 0 heterocycles. The van der Waals surface area contributed by atoms with Crippen LogP contribution in [0.3, 0.4) is 0 Å². The SMILES string of the molecule is CCC1(CC)C(NC(=O)C2CCCC(N)C2)CC1OC. The number of nitrogens with one attached hydrogen (secondary N) is 1. The van der Waals surface area contributed by atoms with Gasteiger partial charge in [0.15, 0.2) is 0 Å². The topological polar surface area (TPSA) is 64.4 Å². The lowest BCUT2D eigenvalue weighted by atomic mass is 9.58. The first-order valence-electron chi connectivity index (χ1n) is 8.16. The zero-order valence-electron chi connectivity index (χ0n) is 13.2. The molecule has 4 heteroatoms. The maximum Gasteiger partial charge on any atom is 0.223 e. The van der Waals surface area contributed by atoms with Gasteiger partial charge in [0.25, 0.3) is 0 Å². The number of ether oxygens (including phenoxy) is 1. The summed E-state index contributed by atoms with van der Waals surface area (Å²) in [7, 11) is 1.78. The van der Waals surface area contributed by atoms with Crippen LogP contribution in [0, 0.1) is 11.3 Å². The van der Waals surface area contributed by atoms with Crippen molar-refractivity contribution in [3.05, 3.63) is 0 Å². The fraction of sp³-hybridized carbons (Fsp3) is 0.938. The van der Waals surface area contributed by atoms with Crippen LogP contribution in [-0.2, 0) is 9.53 Å². The van der Waals surface area contributed by atoms with Gasteiger partial charge in [-0.05, 0) is 38.5 Å². The van der Waals surface area contributed by atoms with E-state index in [1.807, 2.05) is 0 Å². The van der Waals surface area contributed by atoms with Crippen molar-refractivity contribution in [1.29, 1.82) is 0 Å². The highest BCUT2D eigenvalue weighted by molar-refractivity contribution is 5.79. The molecule has 2 fully saturated rings.